The lowest BCUT2D eigenvalue weighted by molar-refractivity contribution is -0.120. The third kappa shape index (κ3) is 4.16. The maximum Gasteiger partial charge on any atom is 0.227 e. The number of nitrogens with one attached hydrogen (secondary N) is 1. The zero-order chi connectivity index (χ0) is 22.9. The Labute approximate surface area is 196 Å². The van der Waals surface area contributed by atoms with Crippen molar-refractivity contribution in [2.75, 3.05) is 23.3 Å². The molecule has 0 bridgehead atoms. The van der Waals surface area contributed by atoms with Gasteiger partial charge in [-0.1, -0.05) is 37.6 Å². The molecule has 33 heavy (non-hydrogen) atoms. The highest BCUT2D eigenvalue weighted by molar-refractivity contribution is 6.32. The number of benzene rings is 1. The number of aromatic nitrogens is 6. The van der Waals surface area contributed by atoms with Gasteiger partial charge in [-0.2, -0.15) is 9.61 Å². The molecular formula is C23H25ClN8O. The first-order valence-electron chi connectivity index (χ1n) is 11.1. The van der Waals surface area contributed by atoms with Crippen LogP contribution in [0.15, 0.2) is 48.9 Å². The van der Waals surface area contributed by atoms with Crippen molar-refractivity contribution in [1.82, 2.24) is 29.6 Å². The van der Waals surface area contributed by atoms with Crippen LogP contribution in [0.4, 0.5) is 11.5 Å². The Hall–Kier alpha value is -3.46. The van der Waals surface area contributed by atoms with E-state index < -0.39 is 0 Å². The van der Waals surface area contributed by atoms with Gasteiger partial charge in [-0.15, -0.1) is 15.3 Å². The summed E-state index contributed by atoms with van der Waals surface area (Å²) in [4.78, 5) is 15.3. The van der Waals surface area contributed by atoms with E-state index >= 15 is 0 Å². The Morgan fingerprint density at radius 1 is 1.15 bits per heavy atom. The molecule has 0 atom stereocenters. The summed E-state index contributed by atoms with van der Waals surface area (Å²) in [5.41, 5.74) is 3.18. The van der Waals surface area contributed by atoms with Crippen molar-refractivity contribution in [3.8, 4) is 5.69 Å². The highest BCUT2D eigenvalue weighted by Gasteiger charge is 2.27. The van der Waals surface area contributed by atoms with Gasteiger partial charge in [0.05, 0.1) is 28.3 Å². The quantitative estimate of drug-likeness (QED) is 0.480. The lowest BCUT2D eigenvalue weighted by atomic mass is 9.95. The molecule has 1 aliphatic heterocycles. The van der Waals surface area contributed by atoms with Crippen LogP contribution in [-0.2, 0) is 4.79 Å². The number of nitrogens with zero attached hydrogens (tertiary/aromatic N) is 7. The monoisotopic (exact) mass is 464 g/mol. The molecule has 1 amide bonds. The zero-order valence-electron chi connectivity index (χ0n) is 18.5. The van der Waals surface area contributed by atoms with E-state index in [1.807, 2.05) is 41.1 Å². The first-order chi connectivity index (χ1) is 16.0. The molecule has 0 radical (unpaired) electrons. The van der Waals surface area contributed by atoms with Crippen LogP contribution >= 0.6 is 11.6 Å². The molecule has 0 saturated carbocycles. The molecular weight excluding hydrogens is 440 g/mol. The van der Waals surface area contributed by atoms with Gasteiger partial charge in [0, 0.05) is 19.0 Å². The molecule has 0 unspecified atom stereocenters. The largest absolute Gasteiger partial charge is 0.355 e. The Morgan fingerprint density at radius 2 is 1.94 bits per heavy atom. The number of rotatable bonds is 5. The minimum Gasteiger partial charge on any atom is -0.355 e. The first kappa shape index (κ1) is 21.4. The second kappa shape index (κ2) is 8.82. The lowest BCUT2D eigenvalue weighted by Gasteiger charge is -2.32. The molecule has 0 spiro atoms. The second-order valence-electron chi connectivity index (χ2n) is 8.54. The van der Waals surface area contributed by atoms with Crippen LogP contribution in [0.3, 0.4) is 0 Å². The Bertz CT molecular complexity index is 1290. The Balaban J connectivity index is 1.28. The molecule has 1 fully saturated rings. The fourth-order valence-corrected chi connectivity index (χ4v) is 4.53. The van der Waals surface area contributed by atoms with Crippen LogP contribution in [0.1, 0.15) is 38.3 Å². The molecule has 10 heteroatoms. The normalized spacial score (nSPS) is 14.8. The van der Waals surface area contributed by atoms with Gasteiger partial charge >= 0.3 is 0 Å². The van der Waals surface area contributed by atoms with E-state index in [1.54, 1.807) is 17.0 Å². The van der Waals surface area contributed by atoms with E-state index in [4.69, 9.17) is 11.6 Å². The van der Waals surface area contributed by atoms with Crippen LogP contribution in [0.5, 0.6) is 0 Å². The van der Waals surface area contributed by atoms with E-state index in [0.717, 1.165) is 48.8 Å². The summed E-state index contributed by atoms with van der Waals surface area (Å²) in [5.74, 6) is 0.977. The van der Waals surface area contributed by atoms with Gasteiger partial charge in [0.2, 0.25) is 5.91 Å². The van der Waals surface area contributed by atoms with Crippen LogP contribution < -0.4 is 10.2 Å². The average molecular weight is 465 g/mol. The van der Waals surface area contributed by atoms with Crippen molar-refractivity contribution < 1.29 is 4.79 Å². The summed E-state index contributed by atoms with van der Waals surface area (Å²) in [7, 11) is 0. The number of carbonyl (C=O) groups is 1. The van der Waals surface area contributed by atoms with Gasteiger partial charge in [-0.25, -0.2) is 4.68 Å². The fourth-order valence-electron chi connectivity index (χ4n) is 4.32. The molecule has 4 aromatic rings. The van der Waals surface area contributed by atoms with Gasteiger partial charge < -0.3 is 10.2 Å². The topological polar surface area (TPSA) is 93.2 Å². The van der Waals surface area contributed by atoms with Crippen molar-refractivity contribution in [2.24, 2.45) is 5.92 Å². The number of para-hydroxylation sites is 1. The van der Waals surface area contributed by atoms with Crippen molar-refractivity contribution in [2.45, 2.75) is 32.6 Å². The minimum atomic E-state index is -0.0661. The van der Waals surface area contributed by atoms with Crippen LogP contribution in [0.25, 0.3) is 11.3 Å². The van der Waals surface area contributed by atoms with Crippen LogP contribution in [-0.4, -0.2) is 48.6 Å². The molecule has 1 saturated heterocycles. The van der Waals surface area contributed by atoms with E-state index in [1.165, 1.54) is 0 Å². The van der Waals surface area contributed by atoms with Gasteiger partial charge in [0.1, 0.15) is 12.1 Å². The van der Waals surface area contributed by atoms with E-state index in [9.17, 15) is 4.79 Å². The summed E-state index contributed by atoms with van der Waals surface area (Å²) < 4.78 is 3.48. The third-order valence-electron chi connectivity index (χ3n) is 6.03. The lowest BCUT2D eigenvalue weighted by Crippen LogP contribution is -2.38. The highest BCUT2D eigenvalue weighted by Crippen LogP contribution is 2.31. The minimum absolute atomic E-state index is 0.0254. The Kier molecular flexibility index (Phi) is 5.72. The SMILES string of the molecule is CC(C)c1c(NC(=O)C2CCN(c3ccc4nncn4n3)CC2)cnn1-c1ccccc1Cl. The van der Waals surface area contributed by atoms with Gasteiger partial charge in [-0.05, 0) is 43.0 Å². The predicted molar refractivity (Wildman–Crippen MR) is 127 cm³/mol. The van der Waals surface area contributed by atoms with Gasteiger partial charge in [0.25, 0.3) is 0 Å². The van der Waals surface area contributed by atoms with Crippen LogP contribution in [0, 0.1) is 5.92 Å². The summed E-state index contributed by atoms with van der Waals surface area (Å²) >= 11 is 6.40. The van der Waals surface area contributed by atoms with Crippen molar-refractivity contribution in [3.05, 3.63) is 59.6 Å². The smallest absolute Gasteiger partial charge is 0.227 e. The number of hydrogen-bond donors (Lipinski definition) is 1. The van der Waals surface area contributed by atoms with Crippen molar-refractivity contribution in [1.29, 1.82) is 0 Å². The number of amides is 1. The van der Waals surface area contributed by atoms with Crippen molar-refractivity contribution in [3.63, 3.8) is 0 Å². The number of fused-ring (bicyclic) bond motifs is 1. The molecule has 170 valence electrons. The molecule has 3 aromatic heterocycles. The Morgan fingerprint density at radius 3 is 2.70 bits per heavy atom. The maximum absolute atomic E-state index is 13.1. The second-order valence-corrected chi connectivity index (χ2v) is 8.94. The number of carbonyl (C=O) groups excluding carboxylic acids is 1. The molecule has 4 heterocycles. The van der Waals surface area contributed by atoms with E-state index in [0.29, 0.717) is 10.7 Å². The number of halogens is 1. The summed E-state index contributed by atoms with van der Waals surface area (Å²) in [5, 5.41) is 20.7. The summed E-state index contributed by atoms with van der Waals surface area (Å²) in [6.07, 6.45) is 4.81. The summed E-state index contributed by atoms with van der Waals surface area (Å²) in [6.45, 7) is 5.68. The van der Waals surface area contributed by atoms with E-state index in [-0.39, 0.29) is 17.7 Å². The van der Waals surface area contributed by atoms with E-state index in [2.05, 4.69) is 44.5 Å². The van der Waals surface area contributed by atoms with Crippen LogP contribution in [0.2, 0.25) is 5.02 Å². The molecule has 1 aromatic carbocycles. The summed E-state index contributed by atoms with van der Waals surface area (Å²) in [6, 6.07) is 11.4. The molecule has 1 N–H and O–H groups in total. The first-order valence-corrected chi connectivity index (χ1v) is 11.4. The molecule has 5 rings (SSSR count). The standard InChI is InChI=1S/C23H25ClN8O/c1-15(2)22-18(13-26-32(22)19-6-4-3-5-17(19)24)27-23(33)16-9-11-30(12-10-16)21-8-7-20-28-25-14-31(20)29-21/h3-8,13-16H,9-12H2,1-2H3,(H,27,33). The molecule has 0 aliphatic carbocycles. The van der Waals surface area contributed by atoms with Crippen molar-refractivity contribution >= 4 is 34.7 Å². The van der Waals surface area contributed by atoms with Gasteiger partial charge in [-0.3, -0.25) is 4.79 Å². The number of hydrogen-bond acceptors (Lipinski definition) is 6. The van der Waals surface area contributed by atoms with Gasteiger partial charge in [0.15, 0.2) is 5.65 Å². The maximum atomic E-state index is 13.1. The highest BCUT2D eigenvalue weighted by atomic mass is 35.5. The third-order valence-corrected chi connectivity index (χ3v) is 6.35. The predicted octanol–water partition coefficient (Wildman–Crippen LogP) is 3.94. The number of anilines is 2. The molecule has 1 aliphatic rings. The fraction of sp³-hybridized carbons (Fsp3) is 0.348. The molecule has 9 nitrogen and oxygen atoms in total. The average Bonchev–Trinajstić information content (AvgIpc) is 3.46. The zero-order valence-corrected chi connectivity index (χ0v) is 19.3. The number of piperidine rings is 1.